The van der Waals surface area contributed by atoms with Crippen LogP contribution in [0.3, 0.4) is 0 Å². The van der Waals surface area contributed by atoms with Crippen LogP contribution >= 0.6 is 0 Å². The Kier molecular flexibility index (Phi) is 3.86. The van der Waals surface area contributed by atoms with Gasteiger partial charge in [0.2, 0.25) is 0 Å². The third kappa shape index (κ3) is 2.89. The van der Waals surface area contributed by atoms with Gasteiger partial charge < -0.3 is 4.74 Å². The maximum atomic E-state index is 13.3. The second-order valence-corrected chi connectivity index (χ2v) is 5.14. The first-order valence-corrected chi connectivity index (χ1v) is 6.83. The number of hydrogen-bond acceptors (Lipinski definition) is 3. The summed E-state index contributed by atoms with van der Waals surface area (Å²) in [4.78, 5) is 0. The Hall–Kier alpha value is -1.98. The summed E-state index contributed by atoms with van der Waals surface area (Å²) in [7, 11) is 0. The molecule has 1 aliphatic rings. The Bertz CT molecular complexity index is 640. The van der Waals surface area contributed by atoms with Crippen LogP contribution in [0.25, 0.3) is 0 Å². The van der Waals surface area contributed by atoms with Crippen molar-refractivity contribution in [2.75, 3.05) is 6.61 Å². The molecule has 2 aromatic rings. The molecule has 2 aromatic carbocycles. The number of ether oxygens (including phenoxy) is 1. The smallest absolute Gasteiger partial charge is 0.127 e. The van der Waals surface area contributed by atoms with Gasteiger partial charge in [0.05, 0.1) is 12.6 Å². The van der Waals surface area contributed by atoms with Gasteiger partial charge in [-0.15, -0.1) is 0 Å². The Balaban J connectivity index is 1.91. The van der Waals surface area contributed by atoms with Crippen LogP contribution in [-0.4, -0.2) is 6.61 Å². The van der Waals surface area contributed by atoms with E-state index in [-0.39, 0.29) is 6.04 Å². The highest BCUT2D eigenvalue weighted by Gasteiger charge is 2.22. The van der Waals surface area contributed by atoms with Gasteiger partial charge in [0.1, 0.15) is 17.4 Å². The molecule has 3 rings (SSSR count). The number of nitrogens with two attached hydrogens (primary N) is 1. The van der Waals surface area contributed by atoms with E-state index in [0.717, 1.165) is 29.4 Å². The lowest BCUT2D eigenvalue weighted by molar-refractivity contribution is 0.348. The van der Waals surface area contributed by atoms with Crippen LogP contribution in [0, 0.1) is 11.6 Å². The molecule has 1 aliphatic heterocycles. The van der Waals surface area contributed by atoms with Gasteiger partial charge >= 0.3 is 0 Å². The Morgan fingerprint density at radius 3 is 2.67 bits per heavy atom. The van der Waals surface area contributed by atoms with E-state index in [9.17, 15) is 8.78 Å². The van der Waals surface area contributed by atoms with E-state index in [4.69, 9.17) is 10.6 Å². The summed E-state index contributed by atoms with van der Waals surface area (Å²) in [5, 5.41) is 0. The van der Waals surface area contributed by atoms with Crippen molar-refractivity contribution in [3.63, 3.8) is 0 Å². The minimum absolute atomic E-state index is 0.265. The lowest BCUT2D eigenvalue weighted by Gasteiger charge is -2.19. The summed E-state index contributed by atoms with van der Waals surface area (Å²) in [6, 6.07) is 9.11. The van der Waals surface area contributed by atoms with E-state index < -0.39 is 11.6 Å². The lowest BCUT2D eigenvalue weighted by atomic mass is 9.96. The third-order valence-electron chi connectivity index (χ3n) is 3.68. The zero-order chi connectivity index (χ0) is 14.8. The molecule has 3 N–H and O–H groups in total. The van der Waals surface area contributed by atoms with E-state index >= 15 is 0 Å². The quantitative estimate of drug-likeness (QED) is 0.672. The predicted octanol–water partition coefficient (Wildman–Crippen LogP) is 2.65. The van der Waals surface area contributed by atoms with Crippen LogP contribution < -0.4 is 16.0 Å². The van der Waals surface area contributed by atoms with E-state index in [1.54, 1.807) is 0 Å². The minimum atomic E-state index is -0.588. The second-order valence-electron chi connectivity index (χ2n) is 5.14. The van der Waals surface area contributed by atoms with Gasteiger partial charge in [0.25, 0.3) is 0 Å². The van der Waals surface area contributed by atoms with Crippen LogP contribution in [0.5, 0.6) is 5.75 Å². The van der Waals surface area contributed by atoms with Crippen molar-refractivity contribution in [3.05, 3.63) is 64.7 Å². The van der Waals surface area contributed by atoms with Crippen LogP contribution in [0.1, 0.15) is 22.7 Å². The molecule has 21 heavy (non-hydrogen) atoms. The SMILES string of the molecule is NNC(Cc1cc(F)cc(F)c1)c1cccc2c1OCC2. The van der Waals surface area contributed by atoms with Crippen LogP contribution in [0.2, 0.25) is 0 Å². The number of hydrazine groups is 1. The Morgan fingerprint density at radius 1 is 1.19 bits per heavy atom. The van der Waals surface area contributed by atoms with Crippen molar-refractivity contribution in [2.45, 2.75) is 18.9 Å². The number of hydrogen-bond donors (Lipinski definition) is 2. The summed E-state index contributed by atoms with van der Waals surface area (Å²) in [5.41, 5.74) is 5.31. The van der Waals surface area contributed by atoms with Crippen molar-refractivity contribution in [1.82, 2.24) is 5.43 Å². The molecular weight excluding hydrogens is 274 g/mol. The molecule has 5 heteroatoms. The molecule has 1 heterocycles. The van der Waals surface area contributed by atoms with Crippen molar-refractivity contribution in [1.29, 1.82) is 0 Å². The van der Waals surface area contributed by atoms with Gasteiger partial charge in [0.15, 0.2) is 0 Å². The Labute approximate surface area is 121 Å². The van der Waals surface area contributed by atoms with E-state index in [2.05, 4.69) is 5.43 Å². The van der Waals surface area contributed by atoms with Gasteiger partial charge in [-0.05, 0) is 29.7 Å². The fourth-order valence-electron chi connectivity index (χ4n) is 2.74. The first-order valence-electron chi connectivity index (χ1n) is 6.83. The first kappa shape index (κ1) is 14.0. The molecule has 1 unspecified atom stereocenters. The molecule has 0 spiro atoms. The van der Waals surface area contributed by atoms with Gasteiger partial charge in [-0.25, -0.2) is 8.78 Å². The van der Waals surface area contributed by atoms with Crippen molar-refractivity contribution in [2.24, 2.45) is 5.84 Å². The van der Waals surface area contributed by atoms with E-state index in [0.29, 0.717) is 18.6 Å². The van der Waals surface area contributed by atoms with Crippen LogP contribution in [0.15, 0.2) is 36.4 Å². The molecular formula is C16H16F2N2O. The zero-order valence-corrected chi connectivity index (χ0v) is 11.4. The van der Waals surface area contributed by atoms with Gasteiger partial charge in [0, 0.05) is 18.1 Å². The van der Waals surface area contributed by atoms with E-state index in [1.165, 1.54) is 12.1 Å². The van der Waals surface area contributed by atoms with Crippen LogP contribution in [0.4, 0.5) is 8.78 Å². The summed E-state index contributed by atoms with van der Waals surface area (Å²) in [6.45, 7) is 0.651. The molecule has 110 valence electrons. The minimum Gasteiger partial charge on any atom is -0.493 e. The summed E-state index contributed by atoms with van der Waals surface area (Å²) < 4.78 is 32.2. The zero-order valence-electron chi connectivity index (χ0n) is 11.4. The summed E-state index contributed by atoms with van der Waals surface area (Å²) in [5.74, 6) is 5.29. The molecule has 0 aliphatic carbocycles. The maximum absolute atomic E-state index is 13.3. The molecule has 0 radical (unpaired) electrons. The highest BCUT2D eigenvalue weighted by Crippen LogP contribution is 2.34. The molecule has 0 amide bonds. The number of nitrogens with one attached hydrogen (secondary N) is 1. The normalized spacial score (nSPS) is 14.6. The fourth-order valence-corrected chi connectivity index (χ4v) is 2.74. The van der Waals surface area contributed by atoms with Gasteiger partial charge in [-0.3, -0.25) is 11.3 Å². The van der Waals surface area contributed by atoms with Crippen molar-refractivity contribution in [3.8, 4) is 5.75 Å². The number of benzene rings is 2. The monoisotopic (exact) mass is 290 g/mol. The van der Waals surface area contributed by atoms with Crippen LogP contribution in [-0.2, 0) is 12.8 Å². The lowest BCUT2D eigenvalue weighted by Crippen LogP contribution is -2.30. The van der Waals surface area contributed by atoms with E-state index in [1.807, 2.05) is 18.2 Å². The molecule has 0 bridgehead atoms. The predicted molar refractivity (Wildman–Crippen MR) is 75.8 cm³/mol. The molecule has 0 saturated heterocycles. The second kappa shape index (κ2) is 5.79. The Morgan fingerprint density at radius 2 is 1.95 bits per heavy atom. The number of fused-ring (bicyclic) bond motifs is 1. The van der Waals surface area contributed by atoms with Gasteiger partial charge in [-0.2, -0.15) is 0 Å². The summed E-state index contributed by atoms with van der Waals surface area (Å²) >= 11 is 0. The molecule has 3 nitrogen and oxygen atoms in total. The first-order chi connectivity index (χ1) is 10.2. The average Bonchev–Trinajstić information content (AvgIpc) is 2.92. The van der Waals surface area contributed by atoms with Gasteiger partial charge in [-0.1, -0.05) is 18.2 Å². The highest BCUT2D eigenvalue weighted by molar-refractivity contribution is 5.46. The maximum Gasteiger partial charge on any atom is 0.127 e. The topological polar surface area (TPSA) is 47.3 Å². The number of rotatable bonds is 4. The largest absolute Gasteiger partial charge is 0.493 e. The highest BCUT2D eigenvalue weighted by atomic mass is 19.1. The fraction of sp³-hybridized carbons (Fsp3) is 0.250. The molecule has 0 saturated carbocycles. The number of halogens is 2. The molecule has 0 fully saturated rings. The standard InChI is InChI=1S/C16H16F2N2O/c17-12-6-10(7-13(18)9-12)8-15(20-19)14-3-1-2-11-4-5-21-16(11)14/h1-3,6-7,9,15,20H,4-5,8,19H2. The molecule has 0 aromatic heterocycles. The summed E-state index contributed by atoms with van der Waals surface area (Å²) in [6.07, 6.45) is 1.25. The number of para-hydroxylation sites is 1. The van der Waals surface area contributed by atoms with Crippen molar-refractivity contribution < 1.29 is 13.5 Å². The molecule has 1 atom stereocenters. The third-order valence-corrected chi connectivity index (χ3v) is 3.68. The van der Waals surface area contributed by atoms with Crippen molar-refractivity contribution >= 4 is 0 Å². The average molecular weight is 290 g/mol.